The first-order chi connectivity index (χ1) is 6.20. The quantitative estimate of drug-likeness (QED) is 0.529. The van der Waals surface area contributed by atoms with Crippen molar-refractivity contribution in [1.29, 1.82) is 0 Å². The summed E-state index contributed by atoms with van der Waals surface area (Å²) in [5.41, 5.74) is 0. The Morgan fingerprint density at radius 1 is 1.31 bits per heavy atom. The Labute approximate surface area is 79.0 Å². The van der Waals surface area contributed by atoms with Gasteiger partial charge in [-0.3, -0.25) is 4.79 Å². The SMILES string of the molecule is CC(CCCO)NC(=O)CCCO. The van der Waals surface area contributed by atoms with E-state index < -0.39 is 0 Å². The van der Waals surface area contributed by atoms with Crippen molar-refractivity contribution in [3.63, 3.8) is 0 Å². The predicted octanol–water partition coefficient (Wildman–Crippen LogP) is 0.0361. The third kappa shape index (κ3) is 7.74. The Balaban J connectivity index is 3.41. The molecule has 0 aromatic carbocycles. The van der Waals surface area contributed by atoms with E-state index in [0.29, 0.717) is 19.3 Å². The summed E-state index contributed by atoms with van der Waals surface area (Å²) in [6, 6.07) is 0.110. The topological polar surface area (TPSA) is 69.6 Å². The molecule has 78 valence electrons. The second-order valence-electron chi connectivity index (χ2n) is 3.16. The molecule has 0 aliphatic carbocycles. The van der Waals surface area contributed by atoms with E-state index in [1.165, 1.54) is 0 Å². The monoisotopic (exact) mass is 189 g/mol. The second kappa shape index (κ2) is 8.01. The maximum Gasteiger partial charge on any atom is 0.220 e. The minimum atomic E-state index is -0.0283. The fourth-order valence-corrected chi connectivity index (χ4v) is 1.06. The van der Waals surface area contributed by atoms with E-state index in [9.17, 15) is 4.79 Å². The molecule has 1 amide bonds. The normalized spacial score (nSPS) is 12.5. The number of aliphatic hydroxyl groups excluding tert-OH is 2. The smallest absolute Gasteiger partial charge is 0.220 e. The number of amides is 1. The van der Waals surface area contributed by atoms with Gasteiger partial charge in [-0.2, -0.15) is 0 Å². The average Bonchev–Trinajstić information content (AvgIpc) is 2.11. The molecule has 0 aliphatic rings. The lowest BCUT2D eigenvalue weighted by Crippen LogP contribution is -2.32. The Bertz CT molecular complexity index is 139. The highest BCUT2D eigenvalue weighted by Gasteiger charge is 2.05. The van der Waals surface area contributed by atoms with Gasteiger partial charge in [0.25, 0.3) is 0 Å². The molecule has 0 radical (unpaired) electrons. The van der Waals surface area contributed by atoms with Gasteiger partial charge in [-0.1, -0.05) is 0 Å². The van der Waals surface area contributed by atoms with Crippen LogP contribution in [0.15, 0.2) is 0 Å². The fourth-order valence-electron chi connectivity index (χ4n) is 1.06. The van der Waals surface area contributed by atoms with Crippen molar-refractivity contribution < 1.29 is 15.0 Å². The van der Waals surface area contributed by atoms with Crippen molar-refractivity contribution in [2.45, 2.75) is 38.6 Å². The molecule has 0 bridgehead atoms. The maximum atomic E-state index is 11.1. The average molecular weight is 189 g/mol. The summed E-state index contributed by atoms with van der Waals surface area (Å²) in [6.07, 6.45) is 2.39. The van der Waals surface area contributed by atoms with Gasteiger partial charge in [0, 0.05) is 25.7 Å². The standard InChI is InChI=1S/C9H19NO3/c1-8(4-2-6-11)10-9(13)5-3-7-12/h8,11-12H,2-7H2,1H3,(H,10,13). The van der Waals surface area contributed by atoms with Crippen molar-refractivity contribution >= 4 is 5.91 Å². The van der Waals surface area contributed by atoms with Crippen LogP contribution in [0.3, 0.4) is 0 Å². The molecule has 3 N–H and O–H groups in total. The first-order valence-electron chi connectivity index (χ1n) is 4.71. The lowest BCUT2D eigenvalue weighted by molar-refractivity contribution is -0.122. The van der Waals surface area contributed by atoms with Crippen LogP contribution in [0.25, 0.3) is 0 Å². The number of nitrogens with one attached hydrogen (secondary N) is 1. The molecule has 0 saturated heterocycles. The molecule has 0 aromatic heterocycles. The van der Waals surface area contributed by atoms with Crippen LogP contribution < -0.4 is 5.32 Å². The third-order valence-corrected chi connectivity index (χ3v) is 1.76. The van der Waals surface area contributed by atoms with Gasteiger partial charge in [0.2, 0.25) is 5.91 Å². The van der Waals surface area contributed by atoms with Crippen LogP contribution in [0.4, 0.5) is 0 Å². The Kier molecular flexibility index (Phi) is 7.63. The van der Waals surface area contributed by atoms with Crippen molar-refractivity contribution in [3.05, 3.63) is 0 Å². The van der Waals surface area contributed by atoms with Gasteiger partial charge >= 0.3 is 0 Å². The summed E-state index contributed by atoms with van der Waals surface area (Å²) >= 11 is 0. The van der Waals surface area contributed by atoms with Gasteiger partial charge in [-0.15, -0.1) is 0 Å². The molecule has 4 heteroatoms. The summed E-state index contributed by atoms with van der Waals surface area (Å²) in [6.45, 7) is 2.13. The highest BCUT2D eigenvalue weighted by Crippen LogP contribution is 1.96. The van der Waals surface area contributed by atoms with Crippen molar-refractivity contribution in [2.75, 3.05) is 13.2 Å². The van der Waals surface area contributed by atoms with Crippen LogP contribution in [0, 0.1) is 0 Å². The molecule has 0 heterocycles. The van der Waals surface area contributed by atoms with Crippen LogP contribution in [0.1, 0.15) is 32.6 Å². The van der Waals surface area contributed by atoms with E-state index in [0.717, 1.165) is 6.42 Å². The highest BCUT2D eigenvalue weighted by atomic mass is 16.3. The zero-order chi connectivity index (χ0) is 10.1. The molecule has 0 aromatic rings. The van der Waals surface area contributed by atoms with Crippen LogP contribution in [0.5, 0.6) is 0 Å². The van der Waals surface area contributed by atoms with Gasteiger partial charge in [0.15, 0.2) is 0 Å². The van der Waals surface area contributed by atoms with Crippen LogP contribution in [-0.2, 0) is 4.79 Å². The Hall–Kier alpha value is -0.610. The van der Waals surface area contributed by atoms with Crippen LogP contribution in [0.2, 0.25) is 0 Å². The minimum Gasteiger partial charge on any atom is -0.396 e. The highest BCUT2D eigenvalue weighted by molar-refractivity contribution is 5.76. The molecule has 0 aliphatic heterocycles. The van der Waals surface area contributed by atoms with Crippen LogP contribution >= 0.6 is 0 Å². The molecule has 0 fully saturated rings. The minimum absolute atomic E-state index is 0.0283. The van der Waals surface area contributed by atoms with E-state index >= 15 is 0 Å². The van der Waals surface area contributed by atoms with E-state index in [4.69, 9.17) is 10.2 Å². The molecular formula is C9H19NO3. The molecule has 0 spiro atoms. The molecular weight excluding hydrogens is 170 g/mol. The largest absolute Gasteiger partial charge is 0.396 e. The van der Waals surface area contributed by atoms with Gasteiger partial charge in [-0.25, -0.2) is 0 Å². The van der Waals surface area contributed by atoms with E-state index in [-0.39, 0.29) is 25.2 Å². The van der Waals surface area contributed by atoms with E-state index in [2.05, 4.69) is 5.32 Å². The fraction of sp³-hybridized carbons (Fsp3) is 0.889. The van der Waals surface area contributed by atoms with Crippen molar-refractivity contribution in [3.8, 4) is 0 Å². The number of aliphatic hydroxyl groups is 2. The molecule has 1 atom stereocenters. The van der Waals surface area contributed by atoms with E-state index in [1.54, 1.807) is 0 Å². The molecule has 1 unspecified atom stereocenters. The van der Waals surface area contributed by atoms with Gasteiger partial charge in [0.1, 0.15) is 0 Å². The van der Waals surface area contributed by atoms with Crippen LogP contribution in [-0.4, -0.2) is 35.4 Å². The van der Waals surface area contributed by atoms with Crippen molar-refractivity contribution in [2.24, 2.45) is 0 Å². The van der Waals surface area contributed by atoms with E-state index in [1.807, 2.05) is 6.92 Å². The summed E-state index contributed by atoms with van der Waals surface area (Å²) < 4.78 is 0. The lowest BCUT2D eigenvalue weighted by atomic mass is 10.2. The Morgan fingerprint density at radius 3 is 2.46 bits per heavy atom. The molecule has 0 rings (SSSR count). The summed E-state index contributed by atoms with van der Waals surface area (Å²) in [4.78, 5) is 11.1. The zero-order valence-electron chi connectivity index (χ0n) is 8.12. The van der Waals surface area contributed by atoms with Gasteiger partial charge in [-0.05, 0) is 26.2 Å². The summed E-state index contributed by atoms with van der Waals surface area (Å²) in [5, 5.41) is 19.8. The first kappa shape index (κ1) is 12.4. The summed E-state index contributed by atoms with van der Waals surface area (Å²) in [7, 11) is 0. The number of hydrogen-bond acceptors (Lipinski definition) is 3. The number of carbonyl (C=O) groups excluding carboxylic acids is 1. The Morgan fingerprint density at radius 2 is 1.92 bits per heavy atom. The molecule has 4 nitrogen and oxygen atoms in total. The summed E-state index contributed by atoms with van der Waals surface area (Å²) in [5.74, 6) is -0.0283. The molecule has 0 saturated carbocycles. The number of hydrogen-bond donors (Lipinski definition) is 3. The third-order valence-electron chi connectivity index (χ3n) is 1.76. The molecule has 13 heavy (non-hydrogen) atoms. The second-order valence-corrected chi connectivity index (χ2v) is 3.16. The number of rotatable bonds is 7. The maximum absolute atomic E-state index is 11.1. The lowest BCUT2D eigenvalue weighted by Gasteiger charge is -2.12. The predicted molar refractivity (Wildman–Crippen MR) is 50.2 cm³/mol. The van der Waals surface area contributed by atoms with Gasteiger partial charge < -0.3 is 15.5 Å². The zero-order valence-corrected chi connectivity index (χ0v) is 8.12. The number of carbonyl (C=O) groups is 1. The van der Waals surface area contributed by atoms with Crippen molar-refractivity contribution in [1.82, 2.24) is 5.32 Å². The first-order valence-corrected chi connectivity index (χ1v) is 4.71. The van der Waals surface area contributed by atoms with Gasteiger partial charge in [0.05, 0.1) is 0 Å².